The Morgan fingerprint density at radius 2 is 2.18 bits per heavy atom. The minimum absolute atomic E-state index is 0.0577. The van der Waals surface area contributed by atoms with Crippen molar-refractivity contribution < 1.29 is 9.59 Å². The number of amides is 2. The highest BCUT2D eigenvalue weighted by Crippen LogP contribution is 2.32. The second-order valence-corrected chi connectivity index (χ2v) is 7.08. The smallest absolute Gasteiger partial charge is 0.243 e. The minimum atomic E-state index is -0.328. The summed E-state index contributed by atoms with van der Waals surface area (Å²) in [4.78, 5) is 26.6. The van der Waals surface area contributed by atoms with Crippen LogP contribution in [-0.2, 0) is 16.1 Å². The molecule has 0 radical (unpaired) electrons. The molecule has 1 aliphatic heterocycles. The molecule has 6 nitrogen and oxygen atoms in total. The van der Waals surface area contributed by atoms with Gasteiger partial charge in [0.1, 0.15) is 6.04 Å². The maximum absolute atomic E-state index is 12.5. The SMILES string of the molecule is Cc1n[nH]c(C)c1CNC(=O)C1CSCN1C(=O)C1CCC1. The first-order valence-electron chi connectivity index (χ1n) is 7.74. The molecule has 2 heterocycles. The van der Waals surface area contributed by atoms with Crippen molar-refractivity contribution in [3.05, 3.63) is 17.0 Å². The molecule has 2 amide bonds. The van der Waals surface area contributed by atoms with Gasteiger partial charge in [0.2, 0.25) is 11.8 Å². The number of aromatic nitrogens is 2. The molecule has 7 heteroatoms. The molecule has 1 aromatic rings. The van der Waals surface area contributed by atoms with E-state index < -0.39 is 0 Å². The molecule has 0 bridgehead atoms. The lowest BCUT2D eigenvalue weighted by atomic mass is 9.84. The highest BCUT2D eigenvalue weighted by Gasteiger charge is 2.39. The summed E-state index contributed by atoms with van der Waals surface area (Å²) in [6.07, 6.45) is 3.08. The van der Waals surface area contributed by atoms with Crippen LogP contribution in [0.25, 0.3) is 0 Å². The lowest BCUT2D eigenvalue weighted by Crippen LogP contribution is -2.49. The van der Waals surface area contributed by atoms with Gasteiger partial charge in [0.25, 0.3) is 0 Å². The Kier molecular flexibility index (Phi) is 4.42. The highest BCUT2D eigenvalue weighted by atomic mass is 32.2. The molecule has 1 aliphatic carbocycles. The molecule has 22 heavy (non-hydrogen) atoms. The lowest BCUT2D eigenvalue weighted by Gasteiger charge is -2.31. The molecule has 3 rings (SSSR count). The lowest BCUT2D eigenvalue weighted by molar-refractivity contribution is -0.143. The number of hydrogen-bond acceptors (Lipinski definition) is 4. The van der Waals surface area contributed by atoms with E-state index in [2.05, 4.69) is 15.5 Å². The molecule has 2 N–H and O–H groups in total. The predicted molar refractivity (Wildman–Crippen MR) is 85.2 cm³/mol. The summed E-state index contributed by atoms with van der Waals surface area (Å²) in [6, 6.07) is -0.328. The van der Waals surface area contributed by atoms with Crippen molar-refractivity contribution in [1.29, 1.82) is 0 Å². The number of nitrogens with one attached hydrogen (secondary N) is 2. The topological polar surface area (TPSA) is 78.1 Å². The fourth-order valence-electron chi connectivity index (χ4n) is 2.89. The zero-order valence-corrected chi connectivity index (χ0v) is 13.8. The van der Waals surface area contributed by atoms with E-state index in [4.69, 9.17) is 0 Å². The van der Waals surface area contributed by atoms with Gasteiger partial charge in [-0.05, 0) is 26.7 Å². The summed E-state index contributed by atoms with van der Waals surface area (Å²) in [5.74, 6) is 1.57. The van der Waals surface area contributed by atoms with Gasteiger partial charge in [-0.1, -0.05) is 6.42 Å². The van der Waals surface area contributed by atoms with E-state index in [1.807, 2.05) is 13.8 Å². The Labute approximate surface area is 134 Å². The summed E-state index contributed by atoms with van der Waals surface area (Å²) in [6.45, 7) is 4.32. The minimum Gasteiger partial charge on any atom is -0.350 e. The average Bonchev–Trinajstić information content (AvgIpc) is 3.02. The van der Waals surface area contributed by atoms with Crippen LogP contribution in [0.3, 0.4) is 0 Å². The van der Waals surface area contributed by atoms with Gasteiger partial charge in [0.15, 0.2) is 0 Å². The third-order valence-electron chi connectivity index (χ3n) is 4.64. The fourth-order valence-corrected chi connectivity index (χ4v) is 4.06. The van der Waals surface area contributed by atoms with E-state index >= 15 is 0 Å². The molecule has 1 unspecified atom stereocenters. The van der Waals surface area contributed by atoms with Crippen molar-refractivity contribution in [2.24, 2.45) is 5.92 Å². The summed E-state index contributed by atoms with van der Waals surface area (Å²) in [5, 5.41) is 10.0. The second-order valence-electron chi connectivity index (χ2n) is 6.08. The first-order chi connectivity index (χ1) is 10.6. The molecule has 1 aromatic heterocycles. The highest BCUT2D eigenvalue weighted by molar-refractivity contribution is 7.99. The van der Waals surface area contributed by atoms with Crippen molar-refractivity contribution in [2.75, 3.05) is 11.6 Å². The van der Waals surface area contributed by atoms with Crippen molar-refractivity contribution in [1.82, 2.24) is 20.4 Å². The Morgan fingerprint density at radius 1 is 1.41 bits per heavy atom. The number of carbonyl (C=O) groups excluding carboxylic acids is 2. The maximum atomic E-state index is 12.5. The van der Waals surface area contributed by atoms with E-state index in [1.54, 1.807) is 16.7 Å². The quantitative estimate of drug-likeness (QED) is 0.877. The Balaban J connectivity index is 1.60. The Bertz CT molecular complexity index is 563. The van der Waals surface area contributed by atoms with E-state index in [9.17, 15) is 9.59 Å². The third kappa shape index (κ3) is 2.86. The van der Waals surface area contributed by atoms with E-state index in [-0.39, 0.29) is 23.8 Å². The number of H-pyrrole nitrogens is 1. The number of rotatable bonds is 4. The van der Waals surface area contributed by atoms with Crippen molar-refractivity contribution in [2.45, 2.75) is 45.7 Å². The molecule has 2 fully saturated rings. The van der Waals surface area contributed by atoms with Gasteiger partial charge in [-0.15, -0.1) is 11.8 Å². The molecule has 2 aliphatic rings. The van der Waals surface area contributed by atoms with Crippen molar-refractivity contribution in [3.63, 3.8) is 0 Å². The first kappa shape index (κ1) is 15.4. The van der Waals surface area contributed by atoms with E-state index in [0.717, 1.165) is 36.2 Å². The molecule has 1 saturated heterocycles. The van der Waals surface area contributed by atoms with Crippen LogP contribution in [0.4, 0.5) is 0 Å². The summed E-state index contributed by atoms with van der Waals surface area (Å²) >= 11 is 1.65. The molecule has 1 saturated carbocycles. The van der Waals surface area contributed by atoms with Gasteiger partial charge < -0.3 is 10.2 Å². The molecule has 0 spiro atoms. The zero-order chi connectivity index (χ0) is 15.7. The molecular formula is C15H22N4O2S. The van der Waals surface area contributed by atoms with Crippen molar-refractivity contribution in [3.8, 4) is 0 Å². The summed E-state index contributed by atoms with van der Waals surface area (Å²) in [7, 11) is 0. The van der Waals surface area contributed by atoms with Crippen LogP contribution in [0.5, 0.6) is 0 Å². The molecule has 0 aromatic carbocycles. The van der Waals surface area contributed by atoms with Crippen LogP contribution in [0.15, 0.2) is 0 Å². The Hall–Kier alpha value is -1.50. The van der Waals surface area contributed by atoms with Gasteiger partial charge in [0, 0.05) is 29.5 Å². The van der Waals surface area contributed by atoms with E-state index in [0.29, 0.717) is 18.2 Å². The maximum Gasteiger partial charge on any atom is 0.243 e. The predicted octanol–water partition coefficient (Wildman–Crippen LogP) is 1.34. The molecule has 120 valence electrons. The largest absolute Gasteiger partial charge is 0.350 e. The van der Waals surface area contributed by atoms with Gasteiger partial charge in [0.05, 0.1) is 11.6 Å². The van der Waals surface area contributed by atoms with Crippen LogP contribution < -0.4 is 5.32 Å². The number of thioether (sulfide) groups is 1. The van der Waals surface area contributed by atoms with Crippen LogP contribution >= 0.6 is 11.8 Å². The number of carbonyl (C=O) groups is 2. The zero-order valence-electron chi connectivity index (χ0n) is 13.0. The average molecular weight is 322 g/mol. The van der Waals surface area contributed by atoms with Gasteiger partial charge in [-0.3, -0.25) is 14.7 Å². The van der Waals surface area contributed by atoms with Gasteiger partial charge in [-0.2, -0.15) is 5.10 Å². The fraction of sp³-hybridized carbons (Fsp3) is 0.667. The van der Waals surface area contributed by atoms with Crippen LogP contribution in [0, 0.1) is 19.8 Å². The number of aryl methyl sites for hydroxylation is 2. The number of nitrogens with zero attached hydrogens (tertiary/aromatic N) is 2. The number of hydrogen-bond donors (Lipinski definition) is 2. The standard InChI is InChI=1S/C15H22N4O2S/c1-9-12(10(2)18-17-9)6-16-14(20)13-7-22-8-19(13)15(21)11-4-3-5-11/h11,13H,3-8H2,1-2H3,(H,16,20)(H,17,18). The Morgan fingerprint density at radius 3 is 2.77 bits per heavy atom. The van der Waals surface area contributed by atoms with Crippen LogP contribution in [0.1, 0.15) is 36.2 Å². The molecular weight excluding hydrogens is 300 g/mol. The summed E-state index contributed by atoms with van der Waals surface area (Å²) < 4.78 is 0. The molecule has 1 atom stereocenters. The number of aromatic amines is 1. The van der Waals surface area contributed by atoms with Crippen LogP contribution in [-0.4, -0.2) is 44.6 Å². The van der Waals surface area contributed by atoms with Gasteiger partial charge >= 0.3 is 0 Å². The first-order valence-corrected chi connectivity index (χ1v) is 8.89. The monoisotopic (exact) mass is 322 g/mol. The van der Waals surface area contributed by atoms with Crippen molar-refractivity contribution >= 4 is 23.6 Å². The van der Waals surface area contributed by atoms with Gasteiger partial charge in [-0.25, -0.2) is 0 Å². The normalized spacial score (nSPS) is 21.7. The summed E-state index contributed by atoms with van der Waals surface area (Å²) in [5.41, 5.74) is 2.90. The second kappa shape index (κ2) is 6.32. The van der Waals surface area contributed by atoms with Crippen LogP contribution in [0.2, 0.25) is 0 Å². The third-order valence-corrected chi connectivity index (χ3v) is 5.65. The van der Waals surface area contributed by atoms with E-state index in [1.165, 1.54) is 0 Å².